The number of benzene rings is 1. The quantitative estimate of drug-likeness (QED) is 0.721. The lowest BCUT2D eigenvalue weighted by Crippen LogP contribution is -2.48. The Labute approximate surface area is 169 Å². The van der Waals surface area contributed by atoms with Gasteiger partial charge >= 0.3 is 0 Å². The molecule has 2 heterocycles. The van der Waals surface area contributed by atoms with Crippen LogP contribution in [0.2, 0.25) is 0 Å². The number of nitrogens with two attached hydrogens (primary N) is 1. The number of amides is 1. The molecule has 1 aromatic carbocycles. The Balaban J connectivity index is 1.73. The number of rotatable bonds is 6. The zero-order chi connectivity index (χ0) is 21.2. The summed E-state index contributed by atoms with van der Waals surface area (Å²) in [5.74, 6) is 0.109. The van der Waals surface area contributed by atoms with Crippen molar-refractivity contribution in [3.8, 4) is 11.6 Å². The summed E-state index contributed by atoms with van der Waals surface area (Å²) in [4.78, 5) is 16.5. The van der Waals surface area contributed by atoms with Gasteiger partial charge in [0.15, 0.2) is 0 Å². The first kappa shape index (κ1) is 20.6. The molecule has 0 spiro atoms. The predicted molar refractivity (Wildman–Crippen MR) is 108 cm³/mol. The Morgan fingerprint density at radius 1 is 1.31 bits per heavy atom. The zero-order valence-corrected chi connectivity index (χ0v) is 17.1. The minimum atomic E-state index is -3.62. The summed E-state index contributed by atoms with van der Waals surface area (Å²) in [5, 5.41) is 2.89. The van der Waals surface area contributed by atoms with Crippen molar-refractivity contribution >= 4 is 21.8 Å². The van der Waals surface area contributed by atoms with Crippen molar-refractivity contribution in [3.63, 3.8) is 0 Å². The number of fused-ring (bicyclic) bond motifs is 1. The number of hydrogen-bond donors (Lipinski definition) is 2. The number of nitrogens with one attached hydrogen (secondary N) is 1. The van der Waals surface area contributed by atoms with Gasteiger partial charge in [0, 0.05) is 17.8 Å². The minimum absolute atomic E-state index is 0.104. The van der Waals surface area contributed by atoms with E-state index in [1.54, 1.807) is 38.1 Å². The van der Waals surface area contributed by atoms with Gasteiger partial charge in [-0.2, -0.15) is 0 Å². The zero-order valence-electron chi connectivity index (χ0n) is 16.3. The first-order valence-corrected chi connectivity index (χ1v) is 10.4. The summed E-state index contributed by atoms with van der Waals surface area (Å²) in [6.45, 7) is 3.73. The fourth-order valence-corrected chi connectivity index (χ4v) is 3.96. The van der Waals surface area contributed by atoms with Gasteiger partial charge in [-0.25, -0.2) is 13.4 Å². The largest absolute Gasteiger partial charge is 0.490 e. The van der Waals surface area contributed by atoms with Crippen molar-refractivity contribution in [1.82, 2.24) is 10.3 Å². The molecule has 0 unspecified atom stereocenters. The van der Waals surface area contributed by atoms with Gasteiger partial charge in [0.1, 0.15) is 18.2 Å². The van der Waals surface area contributed by atoms with Crippen molar-refractivity contribution in [2.75, 3.05) is 13.7 Å². The Morgan fingerprint density at radius 2 is 2.07 bits per heavy atom. The Hall–Kier alpha value is -3.14. The van der Waals surface area contributed by atoms with Crippen molar-refractivity contribution in [1.29, 1.82) is 0 Å². The monoisotopic (exact) mass is 418 g/mol. The first-order valence-electron chi connectivity index (χ1n) is 8.76. The highest BCUT2D eigenvalue weighted by Crippen LogP contribution is 2.28. The van der Waals surface area contributed by atoms with E-state index in [-0.39, 0.29) is 24.1 Å². The number of pyridine rings is 1. The molecule has 0 fully saturated rings. The number of ether oxygens (including phenoxy) is 2. The van der Waals surface area contributed by atoms with Crippen LogP contribution in [0.1, 0.15) is 35.3 Å². The molecule has 0 radical (unpaired) electrons. The molecule has 3 N–H and O–H groups in total. The maximum atomic E-state index is 12.5. The molecule has 1 aliphatic rings. The summed E-state index contributed by atoms with van der Waals surface area (Å²) in [6, 6.07) is 8.17. The van der Waals surface area contributed by atoms with E-state index in [1.807, 2.05) is 0 Å². The molecule has 29 heavy (non-hydrogen) atoms. The third kappa shape index (κ3) is 4.83. The van der Waals surface area contributed by atoms with E-state index < -0.39 is 15.6 Å². The van der Waals surface area contributed by atoms with Crippen LogP contribution in [0.5, 0.6) is 11.6 Å². The fraction of sp³-hybridized carbons (Fsp3) is 0.316. The van der Waals surface area contributed by atoms with Crippen LogP contribution in [0.25, 0.3) is 0 Å². The molecular formula is C19H22N4O5S. The molecule has 0 aliphatic carbocycles. The van der Waals surface area contributed by atoms with E-state index in [1.165, 1.54) is 19.4 Å². The average Bonchev–Trinajstić information content (AvgIpc) is 2.64. The van der Waals surface area contributed by atoms with Gasteiger partial charge in [0.05, 0.1) is 24.0 Å². The number of methoxy groups -OCH3 is 1. The van der Waals surface area contributed by atoms with Crippen LogP contribution in [0.4, 0.5) is 0 Å². The highest BCUT2D eigenvalue weighted by Gasteiger charge is 2.27. The van der Waals surface area contributed by atoms with Gasteiger partial charge in [-0.15, -0.1) is 4.40 Å². The molecule has 0 bridgehead atoms. The molecule has 0 atom stereocenters. The summed E-state index contributed by atoms with van der Waals surface area (Å²) in [7, 11) is -2.15. The van der Waals surface area contributed by atoms with E-state index in [9.17, 15) is 13.2 Å². The van der Waals surface area contributed by atoms with Crippen molar-refractivity contribution < 1.29 is 22.7 Å². The summed E-state index contributed by atoms with van der Waals surface area (Å²) >= 11 is 0. The van der Waals surface area contributed by atoms with Gasteiger partial charge < -0.3 is 20.5 Å². The molecule has 0 saturated carbocycles. The Bertz CT molecular complexity index is 1080. The number of carbonyl (C=O) groups is 1. The number of hydrogen-bond acceptors (Lipinski definition) is 7. The summed E-state index contributed by atoms with van der Waals surface area (Å²) < 4.78 is 38.1. The lowest BCUT2D eigenvalue weighted by molar-refractivity contribution is 0.0880. The fourth-order valence-electron chi connectivity index (χ4n) is 2.87. The Morgan fingerprint density at radius 3 is 2.79 bits per heavy atom. The molecule has 9 nitrogen and oxygen atoms in total. The molecule has 10 heteroatoms. The summed E-state index contributed by atoms with van der Waals surface area (Å²) in [6.07, 6.45) is 1.49. The average molecular weight is 418 g/mol. The number of nitrogens with zero attached hydrogens (tertiary/aromatic N) is 2. The number of sulfonamides is 1. The molecule has 1 aromatic heterocycles. The number of aromatic nitrogens is 1. The second-order valence-corrected chi connectivity index (χ2v) is 8.84. The van der Waals surface area contributed by atoms with E-state index in [4.69, 9.17) is 15.2 Å². The van der Waals surface area contributed by atoms with Crippen LogP contribution in [0, 0.1) is 0 Å². The molecular weight excluding hydrogens is 396 g/mol. The Kier molecular flexibility index (Phi) is 5.47. The highest BCUT2D eigenvalue weighted by atomic mass is 32.2. The smallest absolute Gasteiger partial charge is 0.259 e. The van der Waals surface area contributed by atoms with E-state index in [0.29, 0.717) is 28.3 Å². The van der Waals surface area contributed by atoms with Crippen molar-refractivity contribution in [2.45, 2.75) is 25.1 Å². The van der Waals surface area contributed by atoms with Gasteiger partial charge in [0.25, 0.3) is 15.9 Å². The third-order valence-electron chi connectivity index (χ3n) is 4.19. The second-order valence-electron chi connectivity index (χ2n) is 7.21. The van der Waals surface area contributed by atoms with E-state index in [2.05, 4.69) is 14.7 Å². The molecule has 0 saturated heterocycles. The van der Waals surface area contributed by atoms with Gasteiger partial charge in [-0.1, -0.05) is 12.1 Å². The summed E-state index contributed by atoms with van der Waals surface area (Å²) in [5.41, 5.74) is 6.51. The molecule has 2 aromatic rings. The molecule has 1 amide bonds. The second kappa shape index (κ2) is 7.70. The van der Waals surface area contributed by atoms with E-state index >= 15 is 0 Å². The van der Waals surface area contributed by atoms with Crippen LogP contribution in [0.3, 0.4) is 0 Å². The number of amidine groups is 1. The highest BCUT2D eigenvalue weighted by molar-refractivity contribution is 7.89. The van der Waals surface area contributed by atoms with Crippen LogP contribution < -0.4 is 20.5 Å². The third-order valence-corrected chi connectivity index (χ3v) is 5.34. The SMILES string of the molecule is COc1cc(C(=O)NC(C)(C)COc2cccc3c2C(N)=NS(=O)(=O)C3)ccn1. The van der Waals surface area contributed by atoms with Crippen molar-refractivity contribution in [3.05, 3.63) is 53.2 Å². The van der Waals surface area contributed by atoms with Gasteiger partial charge in [-0.05, 0) is 31.5 Å². The maximum absolute atomic E-state index is 12.5. The van der Waals surface area contributed by atoms with E-state index in [0.717, 1.165) is 0 Å². The maximum Gasteiger partial charge on any atom is 0.259 e. The topological polar surface area (TPSA) is 133 Å². The minimum Gasteiger partial charge on any atom is -0.490 e. The van der Waals surface area contributed by atoms with Crippen LogP contribution >= 0.6 is 0 Å². The lowest BCUT2D eigenvalue weighted by Gasteiger charge is -2.27. The molecule has 1 aliphatic heterocycles. The van der Waals surface area contributed by atoms with Crippen LogP contribution in [-0.4, -0.2) is 44.4 Å². The number of carbonyl (C=O) groups excluding carboxylic acids is 1. The molecule has 3 rings (SSSR count). The van der Waals surface area contributed by atoms with Crippen LogP contribution in [0.15, 0.2) is 40.9 Å². The van der Waals surface area contributed by atoms with Crippen LogP contribution in [-0.2, 0) is 15.8 Å². The van der Waals surface area contributed by atoms with Gasteiger partial charge in [0.2, 0.25) is 5.88 Å². The standard InChI is InChI=1S/C19H22N4O5S/c1-19(2,22-18(24)12-7-8-21-15(9-12)27-3)11-28-14-6-4-5-13-10-29(25,26)23-17(20)16(13)14/h4-9H,10-11H2,1-3H3,(H2,20,23)(H,22,24). The van der Waals surface area contributed by atoms with Gasteiger partial charge in [-0.3, -0.25) is 4.79 Å². The molecule has 154 valence electrons. The predicted octanol–water partition coefficient (Wildman–Crippen LogP) is 1.23. The van der Waals surface area contributed by atoms with Crippen molar-refractivity contribution in [2.24, 2.45) is 10.1 Å². The normalized spacial score (nSPS) is 15.1. The first-order chi connectivity index (χ1) is 13.6. The lowest BCUT2D eigenvalue weighted by atomic mass is 10.0.